The largest absolute Gasteiger partial charge is 0.335 e. The maximum absolute atomic E-state index is 12.5. The zero-order chi connectivity index (χ0) is 18.7. The van der Waals surface area contributed by atoms with Crippen LogP contribution in [0.4, 0.5) is 4.79 Å². The second-order valence-electron chi connectivity index (χ2n) is 7.31. The lowest BCUT2D eigenvalue weighted by molar-refractivity contribution is 0.0663. The summed E-state index contributed by atoms with van der Waals surface area (Å²) in [4.78, 5) is 31.0. The number of halogens is 1. The molecular formula is C19H27ClN4O2. The van der Waals surface area contributed by atoms with E-state index in [1.165, 1.54) is 0 Å². The van der Waals surface area contributed by atoms with Gasteiger partial charge in [-0.05, 0) is 38.5 Å². The van der Waals surface area contributed by atoms with E-state index < -0.39 is 0 Å². The summed E-state index contributed by atoms with van der Waals surface area (Å²) in [7, 11) is 0. The van der Waals surface area contributed by atoms with Crippen molar-refractivity contribution in [1.82, 2.24) is 20.0 Å². The van der Waals surface area contributed by atoms with Gasteiger partial charge < -0.3 is 15.1 Å². The fraction of sp³-hybridized carbons (Fsp3) is 0.579. The Bertz CT molecular complexity index is 659. The second kappa shape index (κ2) is 8.27. The van der Waals surface area contributed by atoms with Crippen molar-refractivity contribution in [2.45, 2.75) is 32.4 Å². The molecule has 142 valence electrons. The van der Waals surface area contributed by atoms with E-state index in [-0.39, 0.29) is 18.0 Å². The van der Waals surface area contributed by atoms with E-state index in [2.05, 4.69) is 24.1 Å². The van der Waals surface area contributed by atoms with Gasteiger partial charge in [0.25, 0.3) is 5.91 Å². The van der Waals surface area contributed by atoms with Gasteiger partial charge in [-0.2, -0.15) is 0 Å². The van der Waals surface area contributed by atoms with Crippen molar-refractivity contribution < 1.29 is 9.59 Å². The minimum absolute atomic E-state index is 0.0181. The zero-order valence-electron chi connectivity index (χ0n) is 15.4. The van der Waals surface area contributed by atoms with E-state index in [0.29, 0.717) is 42.8 Å². The molecule has 7 heteroatoms. The number of carbonyl (C=O) groups is 2. The molecule has 2 saturated heterocycles. The van der Waals surface area contributed by atoms with Crippen LogP contribution in [0.15, 0.2) is 24.3 Å². The summed E-state index contributed by atoms with van der Waals surface area (Å²) in [6.45, 7) is 8.50. The summed E-state index contributed by atoms with van der Waals surface area (Å²) in [6.07, 6.45) is 0.997. The summed E-state index contributed by atoms with van der Waals surface area (Å²) in [5, 5.41) is 3.70. The number of hydrogen-bond acceptors (Lipinski definition) is 3. The minimum Gasteiger partial charge on any atom is -0.335 e. The molecule has 1 unspecified atom stereocenters. The fourth-order valence-corrected chi connectivity index (χ4v) is 3.75. The highest BCUT2D eigenvalue weighted by atomic mass is 35.5. The molecule has 0 bridgehead atoms. The van der Waals surface area contributed by atoms with Crippen LogP contribution in [0.25, 0.3) is 0 Å². The predicted molar refractivity (Wildman–Crippen MR) is 103 cm³/mol. The monoisotopic (exact) mass is 378 g/mol. The number of nitrogens with zero attached hydrogens (tertiary/aromatic N) is 3. The number of rotatable bonds is 3. The van der Waals surface area contributed by atoms with Gasteiger partial charge in [-0.15, -0.1) is 0 Å². The number of amides is 3. The molecule has 3 rings (SSSR count). The van der Waals surface area contributed by atoms with E-state index in [4.69, 9.17) is 11.6 Å². The number of benzene rings is 1. The molecule has 26 heavy (non-hydrogen) atoms. The van der Waals surface area contributed by atoms with Gasteiger partial charge in [-0.25, -0.2) is 4.79 Å². The van der Waals surface area contributed by atoms with Crippen LogP contribution in [0.5, 0.6) is 0 Å². The first-order valence-corrected chi connectivity index (χ1v) is 9.66. The maximum atomic E-state index is 12.5. The number of nitrogens with one attached hydrogen (secondary N) is 1. The van der Waals surface area contributed by atoms with Crippen LogP contribution in [0, 0.1) is 0 Å². The Morgan fingerprint density at radius 1 is 1.12 bits per heavy atom. The van der Waals surface area contributed by atoms with Crippen molar-refractivity contribution in [3.05, 3.63) is 34.9 Å². The van der Waals surface area contributed by atoms with Gasteiger partial charge in [0.15, 0.2) is 0 Å². The zero-order valence-corrected chi connectivity index (χ0v) is 16.2. The predicted octanol–water partition coefficient (Wildman–Crippen LogP) is 2.29. The van der Waals surface area contributed by atoms with Crippen LogP contribution < -0.4 is 5.32 Å². The molecule has 1 atom stereocenters. The maximum Gasteiger partial charge on any atom is 0.317 e. The summed E-state index contributed by atoms with van der Waals surface area (Å²) in [6, 6.07) is 7.70. The van der Waals surface area contributed by atoms with Crippen LogP contribution in [0.1, 0.15) is 30.6 Å². The third kappa shape index (κ3) is 4.48. The highest BCUT2D eigenvalue weighted by Gasteiger charge is 2.29. The van der Waals surface area contributed by atoms with Gasteiger partial charge in [-0.3, -0.25) is 9.69 Å². The molecule has 0 radical (unpaired) electrons. The summed E-state index contributed by atoms with van der Waals surface area (Å²) >= 11 is 5.97. The van der Waals surface area contributed by atoms with Gasteiger partial charge in [0.05, 0.1) is 0 Å². The van der Waals surface area contributed by atoms with E-state index >= 15 is 0 Å². The molecule has 1 aromatic carbocycles. The molecular weight excluding hydrogens is 352 g/mol. The third-order valence-corrected chi connectivity index (χ3v) is 5.44. The Morgan fingerprint density at radius 2 is 1.81 bits per heavy atom. The molecule has 1 N–H and O–H groups in total. The van der Waals surface area contributed by atoms with Crippen molar-refractivity contribution in [3.63, 3.8) is 0 Å². The van der Waals surface area contributed by atoms with Crippen LogP contribution in [-0.4, -0.2) is 78.0 Å². The quantitative estimate of drug-likeness (QED) is 0.878. The SMILES string of the molecule is CC(C)N1CCC(NC(=O)N2CCN(C(=O)c3cccc(Cl)c3)CC2)C1. The topological polar surface area (TPSA) is 55.9 Å². The van der Waals surface area contributed by atoms with Crippen molar-refractivity contribution in [2.75, 3.05) is 39.3 Å². The van der Waals surface area contributed by atoms with Gasteiger partial charge >= 0.3 is 6.03 Å². The molecule has 2 heterocycles. The fourth-order valence-electron chi connectivity index (χ4n) is 3.56. The first-order chi connectivity index (χ1) is 12.4. The number of carbonyl (C=O) groups excluding carboxylic acids is 2. The van der Waals surface area contributed by atoms with Crippen LogP contribution in [0.3, 0.4) is 0 Å². The smallest absolute Gasteiger partial charge is 0.317 e. The second-order valence-corrected chi connectivity index (χ2v) is 7.75. The van der Waals surface area contributed by atoms with Crippen molar-refractivity contribution in [1.29, 1.82) is 0 Å². The van der Waals surface area contributed by atoms with Crippen molar-refractivity contribution in [3.8, 4) is 0 Å². The molecule has 1 aromatic rings. The number of hydrogen-bond donors (Lipinski definition) is 1. The normalized spacial score (nSPS) is 21.3. The molecule has 0 aromatic heterocycles. The lowest BCUT2D eigenvalue weighted by Crippen LogP contribution is -2.54. The van der Waals surface area contributed by atoms with Crippen molar-refractivity contribution >= 4 is 23.5 Å². The highest BCUT2D eigenvalue weighted by molar-refractivity contribution is 6.30. The Hall–Kier alpha value is -1.79. The average Bonchev–Trinajstić information content (AvgIpc) is 3.10. The highest BCUT2D eigenvalue weighted by Crippen LogP contribution is 2.15. The average molecular weight is 379 g/mol. The lowest BCUT2D eigenvalue weighted by atomic mass is 10.2. The van der Waals surface area contributed by atoms with E-state index in [9.17, 15) is 9.59 Å². The molecule has 2 fully saturated rings. The lowest BCUT2D eigenvalue weighted by Gasteiger charge is -2.35. The van der Waals surface area contributed by atoms with E-state index in [0.717, 1.165) is 19.5 Å². The third-order valence-electron chi connectivity index (χ3n) is 5.20. The van der Waals surface area contributed by atoms with Gasteiger partial charge in [0.1, 0.15) is 0 Å². The summed E-state index contributed by atoms with van der Waals surface area (Å²) in [5.41, 5.74) is 0.593. The van der Waals surface area contributed by atoms with E-state index in [1.807, 2.05) is 0 Å². The molecule has 6 nitrogen and oxygen atoms in total. The Labute approximate surface area is 160 Å². The van der Waals surface area contributed by atoms with E-state index in [1.54, 1.807) is 34.1 Å². The van der Waals surface area contributed by atoms with Gasteiger partial charge in [0.2, 0.25) is 0 Å². The molecule has 3 amide bonds. The summed E-state index contributed by atoms with van der Waals surface area (Å²) in [5.74, 6) is -0.0315. The Kier molecular flexibility index (Phi) is 6.04. The molecule has 0 aliphatic carbocycles. The number of piperazine rings is 1. The minimum atomic E-state index is -0.0315. The first-order valence-electron chi connectivity index (χ1n) is 9.28. The van der Waals surface area contributed by atoms with Gasteiger partial charge in [0, 0.05) is 61.9 Å². The Balaban J connectivity index is 1.47. The van der Waals surface area contributed by atoms with Crippen LogP contribution in [0.2, 0.25) is 5.02 Å². The van der Waals surface area contributed by atoms with Crippen molar-refractivity contribution in [2.24, 2.45) is 0 Å². The number of likely N-dealkylation sites (tertiary alicyclic amines) is 1. The van der Waals surface area contributed by atoms with Crippen LogP contribution in [-0.2, 0) is 0 Å². The molecule has 0 saturated carbocycles. The first kappa shape index (κ1) is 19.0. The van der Waals surface area contributed by atoms with Crippen LogP contribution >= 0.6 is 11.6 Å². The number of urea groups is 1. The standard InChI is InChI=1S/C19H27ClN4O2/c1-14(2)24-7-6-17(13-24)21-19(26)23-10-8-22(9-11-23)18(25)15-4-3-5-16(20)12-15/h3-5,12,14,17H,6-11,13H2,1-2H3,(H,21,26). The Morgan fingerprint density at radius 3 is 2.42 bits per heavy atom. The molecule has 2 aliphatic rings. The molecule has 0 spiro atoms. The molecule has 2 aliphatic heterocycles. The summed E-state index contributed by atoms with van der Waals surface area (Å²) < 4.78 is 0. The van der Waals surface area contributed by atoms with Gasteiger partial charge in [-0.1, -0.05) is 17.7 Å².